The molecule has 23 heavy (non-hydrogen) atoms. The van der Waals surface area contributed by atoms with E-state index in [9.17, 15) is 9.59 Å². The summed E-state index contributed by atoms with van der Waals surface area (Å²) < 4.78 is 5.11. The fourth-order valence-electron chi connectivity index (χ4n) is 2.51. The molecule has 0 aromatic carbocycles. The first kappa shape index (κ1) is 15.8. The van der Waals surface area contributed by atoms with Gasteiger partial charge in [-0.05, 0) is 40.9 Å². The Bertz CT molecular complexity index is 636. The van der Waals surface area contributed by atoms with Crippen LogP contribution in [0.2, 0.25) is 0 Å². The van der Waals surface area contributed by atoms with Gasteiger partial charge in [0.1, 0.15) is 5.76 Å². The first-order valence-corrected chi connectivity index (χ1v) is 8.53. The Morgan fingerprint density at radius 3 is 2.70 bits per heavy atom. The van der Waals surface area contributed by atoms with Crippen molar-refractivity contribution in [3.63, 3.8) is 0 Å². The molecular formula is C16H19N3O3S. The van der Waals surface area contributed by atoms with Crippen molar-refractivity contribution in [1.29, 1.82) is 0 Å². The lowest BCUT2D eigenvalue weighted by molar-refractivity contribution is -0.139. The van der Waals surface area contributed by atoms with Gasteiger partial charge in [-0.3, -0.25) is 14.5 Å². The molecule has 0 bridgehead atoms. The van der Waals surface area contributed by atoms with E-state index in [2.05, 4.69) is 27.0 Å². The predicted molar refractivity (Wildman–Crippen MR) is 86.8 cm³/mol. The third kappa shape index (κ3) is 4.00. The average Bonchev–Trinajstić information content (AvgIpc) is 3.19. The standard InChI is InChI=1S/C16H19N3O3S/c20-15(17-9-13-3-1-7-22-13)16(21)18-10-14(19-5-2-6-19)12-4-8-23-11-12/h1,3-4,7-8,11,14H,2,5-6,9-10H2,(H,17,20)(H,18,21)/t14-/m1/s1. The second-order valence-electron chi connectivity index (χ2n) is 5.43. The zero-order valence-corrected chi connectivity index (χ0v) is 13.5. The highest BCUT2D eigenvalue weighted by molar-refractivity contribution is 7.07. The molecule has 7 heteroatoms. The van der Waals surface area contributed by atoms with E-state index in [1.807, 2.05) is 5.38 Å². The summed E-state index contributed by atoms with van der Waals surface area (Å²) in [7, 11) is 0. The number of amides is 2. The smallest absolute Gasteiger partial charge is 0.309 e. The van der Waals surface area contributed by atoms with Gasteiger partial charge in [-0.25, -0.2) is 0 Å². The third-order valence-corrected chi connectivity index (χ3v) is 4.63. The van der Waals surface area contributed by atoms with Gasteiger partial charge >= 0.3 is 11.8 Å². The van der Waals surface area contributed by atoms with E-state index in [0.29, 0.717) is 12.3 Å². The van der Waals surface area contributed by atoms with Crippen LogP contribution < -0.4 is 10.6 Å². The van der Waals surface area contributed by atoms with Crippen LogP contribution in [0.15, 0.2) is 39.6 Å². The maximum absolute atomic E-state index is 11.9. The Balaban J connectivity index is 1.49. The number of likely N-dealkylation sites (tertiary alicyclic amines) is 1. The molecule has 0 spiro atoms. The number of nitrogens with zero attached hydrogens (tertiary/aromatic N) is 1. The molecule has 1 aliphatic rings. The third-order valence-electron chi connectivity index (χ3n) is 3.92. The van der Waals surface area contributed by atoms with Crippen LogP contribution in [-0.4, -0.2) is 36.3 Å². The second kappa shape index (κ2) is 7.43. The minimum Gasteiger partial charge on any atom is -0.467 e. The molecule has 1 atom stereocenters. The van der Waals surface area contributed by atoms with Crippen molar-refractivity contribution in [3.05, 3.63) is 46.5 Å². The van der Waals surface area contributed by atoms with Gasteiger partial charge in [0, 0.05) is 19.6 Å². The van der Waals surface area contributed by atoms with Gasteiger partial charge in [0.2, 0.25) is 0 Å². The molecule has 0 saturated carbocycles. The Labute approximate surface area is 138 Å². The van der Waals surface area contributed by atoms with Crippen molar-refractivity contribution in [2.24, 2.45) is 0 Å². The topological polar surface area (TPSA) is 74.6 Å². The molecule has 6 nitrogen and oxygen atoms in total. The molecular weight excluding hydrogens is 314 g/mol. The van der Waals surface area contributed by atoms with Crippen LogP contribution in [0.4, 0.5) is 0 Å². The molecule has 1 aliphatic heterocycles. The van der Waals surface area contributed by atoms with Gasteiger partial charge in [-0.2, -0.15) is 11.3 Å². The van der Waals surface area contributed by atoms with Crippen LogP contribution in [-0.2, 0) is 16.1 Å². The van der Waals surface area contributed by atoms with Gasteiger partial charge < -0.3 is 15.1 Å². The summed E-state index contributed by atoms with van der Waals surface area (Å²) in [6.45, 7) is 2.70. The van der Waals surface area contributed by atoms with Crippen molar-refractivity contribution in [1.82, 2.24) is 15.5 Å². The molecule has 3 heterocycles. The summed E-state index contributed by atoms with van der Waals surface area (Å²) in [5.41, 5.74) is 1.19. The number of hydrogen-bond donors (Lipinski definition) is 2. The largest absolute Gasteiger partial charge is 0.467 e. The molecule has 2 aromatic rings. The summed E-state index contributed by atoms with van der Waals surface area (Å²) in [4.78, 5) is 26.1. The Morgan fingerprint density at radius 1 is 1.26 bits per heavy atom. The second-order valence-corrected chi connectivity index (χ2v) is 6.21. The van der Waals surface area contributed by atoms with Gasteiger partial charge in [0.25, 0.3) is 0 Å². The number of nitrogens with one attached hydrogen (secondary N) is 2. The SMILES string of the molecule is O=C(NCc1ccco1)C(=O)NC[C@H](c1ccsc1)N1CCC1. The minimum atomic E-state index is -0.644. The van der Waals surface area contributed by atoms with E-state index in [0.717, 1.165) is 13.1 Å². The molecule has 1 fully saturated rings. The molecule has 1 saturated heterocycles. The van der Waals surface area contributed by atoms with Gasteiger partial charge in [-0.1, -0.05) is 0 Å². The van der Waals surface area contributed by atoms with E-state index in [-0.39, 0.29) is 12.6 Å². The number of carbonyl (C=O) groups excluding carboxylic acids is 2. The summed E-state index contributed by atoms with van der Waals surface area (Å²) in [6.07, 6.45) is 2.71. The number of thiophene rings is 1. The molecule has 0 unspecified atom stereocenters. The number of hydrogen-bond acceptors (Lipinski definition) is 5. The molecule has 2 amide bonds. The minimum absolute atomic E-state index is 0.136. The van der Waals surface area contributed by atoms with Crippen molar-refractivity contribution in [2.75, 3.05) is 19.6 Å². The van der Waals surface area contributed by atoms with E-state index >= 15 is 0 Å². The van der Waals surface area contributed by atoms with Crippen LogP contribution in [0.3, 0.4) is 0 Å². The van der Waals surface area contributed by atoms with Gasteiger partial charge in [0.15, 0.2) is 0 Å². The molecule has 2 N–H and O–H groups in total. The zero-order valence-electron chi connectivity index (χ0n) is 12.7. The Morgan fingerprint density at radius 2 is 2.09 bits per heavy atom. The molecule has 122 valence electrons. The van der Waals surface area contributed by atoms with E-state index in [1.165, 1.54) is 18.2 Å². The van der Waals surface area contributed by atoms with Crippen molar-refractivity contribution in [3.8, 4) is 0 Å². The molecule has 3 rings (SSSR count). The number of furan rings is 1. The first-order valence-electron chi connectivity index (χ1n) is 7.58. The van der Waals surface area contributed by atoms with Crippen LogP contribution >= 0.6 is 11.3 Å². The van der Waals surface area contributed by atoms with E-state index < -0.39 is 11.8 Å². The monoisotopic (exact) mass is 333 g/mol. The molecule has 0 radical (unpaired) electrons. The molecule has 0 aliphatic carbocycles. The lowest BCUT2D eigenvalue weighted by Gasteiger charge is -2.38. The fraction of sp³-hybridized carbons (Fsp3) is 0.375. The lowest BCUT2D eigenvalue weighted by Crippen LogP contribution is -2.47. The van der Waals surface area contributed by atoms with Crippen LogP contribution in [0, 0.1) is 0 Å². The Kier molecular flexibility index (Phi) is 5.09. The highest BCUT2D eigenvalue weighted by Gasteiger charge is 2.26. The van der Waals surface area contributed by atoms with Crippen LogP contribution in [0.25, 0.3) is 0 Å². The fourth-order valence-corrected chi connectivity index (χ4v) is 3.21. The molecule has 2 aromatic heterocycles. The maximum Gasteiger partial charge on any atom is 0.309 e. The van der Waals surface area contributed by atoms with Crippen LogP contribution in [0.5, 0.6) is 0 Å². The quantitative estimate of drug-likeness (QED) is 0.786. The highest BCUT2D eigenvalue weighted by Crippen LogP contribution is 2.26. The van der Waals surface area contributed by atoms with Crippen molar-refractivity contribution in [2.45, 2.75) is 19.0 Å². The summed E-state index contributed by atoms with van der Waals surface area (Å²) in [5.74, 6) is -0.644. The lowest BCUT2D eigenvalue weighted by atomic mass is 10.0. The summed E-state index contributed by atoms with van der Waals surface area (Å²) in [6, 6.07) is 5.68. The van der Waals surface area contributed by atoms with E-state index in [4.69, 9.17) is 4.42 Å². The van der Waals surface area contributed by atoms with Crippen molar-refractivity contribution < 1.29 is 14.0 Å². The summed E-state index contributed by atoms with van der Waals surface area (Å²) >= 11 is 1.64. The first-order chi connectivity index (χ1) is 11.2. The van der Waals surface area contributed by atoms with Crippen LogP contribution in [0.1, 0.15) is 23.8 Å². The average molecular weight is 333 g/mol. The van der Waals surface area contributed by atoms with Crippen molar-refractivity contribution >= 4 is 23.2 Å². The summed E-state index contributed by atoms with van der Waals surface area (Å²) in [5, 5.41) is 9.39. The normalized spacial score (nSPS) is 15.7. The predicted octanol–water partition coefficient (Wildman–Crippen LogP) is 1.52. The maximum atomic E-state index is 11.9. The number of carbonyl (C=O) groups is 2. The number of rotatable bonds is 6. The Hall–Kier alpha value is -2.12. The van der Waals surface area contributed by atoms with E-state index in [1.54, 1.807) is 23.5 Å². The van der Waals surface area contributed by atoms with Gasteiger partial charge in [-0.15, -0.1) is 0 Å². The highest BCUT2D eigenvalue weighted by atomic mass is 32.1. The van der Waals surface area contributed by atoms with Gasteiger partial charge in [0.05, 0.1) is 18.8 Å². The zero-order chi connectivity index (χ0) is 16.1.